The van der Waals surface area contributed by atoms with Gasteiger partial charge in [-0.3, -0.25) is 23.2 Å². The minimum absolute atomic E-state index is 0.0430. The first-order valence-corrected chi connectivity index (χ1v) is 27.7. The number of carbonyl (C=O) groups is 2. The Bertz CT molecular complexity index is 1370. The number of aliphatic hydroxyl groups is 4. The largest absolute Gasteiger partial charge is 0.472 e. The molecule has 7 N–H and O–H groups in total. The number of rotatable bonds is 42. The molecule has 1 fully saturated rings. The number of allylic oxidation sites excluding steroid dienone is 2. The van der Waals surface area contributed by atoms with Gasteiger partial charge >= 0.3 is 27.6 Å². The van der Waals surface area contributed by atoms with Crippen LogP contribution in [0.1, 0.15) is 188 Å². The molecule has 0 aromatic heterocycles. The molecule has 1 unspecified atom stereocenters. The molecule has 0 spiro atoms. The van der Waals surface area contributed by atoms with Crippen molar-refractivity contribution in [2.24, 2.45) is 17.8 Å². The third-order valence-electron chi connectivity index (χ3n) is 11.6. The molecule has 382 valence electrons. The van der Waals surface area contributed by atoms with E-state index in [2.05, 4.69) is 29.8 Å². The van der Waals surface area contributed by atoms with Crippen LogP contribution in [0.5, 0.6) is 0 Å². The molecule has 8 atom stereocenters. The van der Waals surface area contributed by atoms with Crippen molar-refractivity contribution in [2.75, 3.05) is 26.4 Å². The van der Waals surface area contributed by atoms with E-state index in [1.807, 2.05) is 18.2 Å². The Labute approximate surface area is 390 Å². The first kappa shape index (κ1) is 61.5. The summed E-state index contributed by atoms with van der Waals surface area (Å²) < 4.78 is 47.9. The second-order valence-corrected chi connectivity index (χ2v) is 20.9. The lowest BCUT2D eigenvalue weighted by Gasteiger charge is -2.20. The van der Waals surface area contributed by atoms with E-state index in [9.17, 15) is 44.0 Å². The molecule has 0 amide bonds. The summed E-state index contributed by atoms with van der Waals surface area (Å²) in [7, 11) is -9.78. The van der Waals surface area contributed by atoms with Crippen LogP contribution >= 0.6 is 15.6 Å². The smallest absolute Gasteiger partial charge is 0.462 e. The Morgan fingerprint density at radius 3 is 1.77 bits per heavy atom. The van der Waals surface area contributed by atoms with Gasteiger partial charge in [-0.05, 0) is 43.9 Å². The fourth-order valence-electron chi connectivity index (χ4n) is 7.76. The quantitative estimate of drug-likeness (QED) is 0.0130. The maximum Gasteiger partial charge on any atom is 0.472 e. The van der Waals surface area contributed by atoms with Crippen molar-refractivity contribution in [3.8, 4) is 0 Å². The number of hydrogen-bond donors (Lipinski definition) is 7. The van der Waals surface area contributed by atoms with Crippen molar-refractivity contribution in [3.63, 3.8) is 0 Å². The molecule has 1 aliphatic rings. The first-order chi connectivity index (χ1) is 30.9. The van der Waals surface area contributed by atoms with E-state index >= 15 is 0 Å². The topological polar surface area (TPSA) is 256 Å². The minimum Gasteiger partial charge on any atom is -0.462 e. The maximum atomic E-state index is 12.8. The van der Waals surface area contributed by atoms with Crippen molar-refractivity contribution >= 4 is 27.6 Å². The van der Waals surface area contributed by atoms with Crippen molar-refractivity contribution in [1.29, 1.82) is 0 Å². The summed E-state index contributed by atoms with van der Waals surface area (Å²) in [6, 6.07) is 0. The molecule has 0 aromatic carbocycles. The lowest BCUT2D eigenvalue weighted by Crippen LogP contribution is -2.29. The van der Waals surface area contributed by atoms with Crippen LogP contribution in [0.25, 0.3) is 0 Å². The molecule has 18 heteroatoms. The molecule has 0 aliphatic heterocycles. The molecule has 1 saturated carbocycles. The first-order valence-electron chi connectivity index (χ1n) is 24.6. The van der Waals surface area contributed by atoms with E-state index in [4.69, 9.17) is 23.8 Å². The normalized spacial score (nSPS) is 20.4. The predicted molar refractivity (Wildman–Crippen MR) is 250 cm³/mol. The van der Waals surface area contributed by atoms with Crippen LogP contribution in [0, 0.1) is 17.8 Å². The van der Waals surface area contributed by atoms with Crippen molar-refractivity contribution < 1.29 is 76.9 Å². The van der Waals surface area contributed by atoms with Crippen LogP contribution in [0.2, 0.25) is 0 Å². The number of ether oxygens (including phenoxy) is 2. The number of carbonyl (C=O) groups excluding carboxylic acids is 2. The van der Waals surface area contributed by atoms with E-state index in [-0.39, 0.29) is 31.1 Å². The second kappa shape index (κ2) is 37.4. The highest BCUT2D eigenvalue weighted by atomic mass is 31.2. The third kappa shape index (κ3) is 35.3. The fourth-order valence-corrected chi connectivity index (χ4v) is 8.92. The highest BCUT2D eigenvalue weighted by Crippen LogP contribution is 2.44. The molecule has 1 aliphatic carbocycles. The monoisotopic (exact) mass is 971 g/mol. The van der Waals surface area contributed by atoms with Gasteiger partial charge in [-0.15, -0.1) is 0 Å². The summed E-state index contributed by atoms with van der Waals surface area (Å²) in [5.74, 6) is -0.921. The average molecular weight is 971 g/mol. The number of phosphoric ester groups is 2. The molecule has 0 heterocycles. The van der Waals surface area contributed by atoms with Crippen LogP contribution in [-0.2, 0) is 41.8 Å². The Kier molecular flexibility index (Phi) is 35.4. The lowest BCUT2D eigenvalue weighted by atomic mass is 9.89. The molecule has 1 rings (SSSR count). The predicted octanol–water partition coefficient (Wildman–Crippen LogP) is 9.30. The second-order valence-electron chi connectivity index (χ2n) is 18.2. The van der Waals surface area contributed by atoms with Gasteiger partial charge in [-0.1, -0.05) is 161 Å². The van der Waals surface area contributed by atoms with E-state index < -0.39 is 84.5 Å². The summed E-state index contributed by atoms with van der Waals surface area (Å²) in [6.45, 7) is 3.74. The van der Waals surface area contributed by atoms with Crippen molar-refractivity contribution in [1.82, 2.24) is 0 Å². The van der Waals surface area contributed by atoms with E-state index in [0.29, 0.717) is 32.1 Å². The zero-order valence-corrected chi connectivity index (χ0v) is 41.6. The van der Waals surface area contributed by atoms with E-state index in [1.165, 1.54) is 77.0 Å². The molecule has 0 bridgehead atoms. The molecule has 16 nitrogen and oxygen atoms in total. The summed E-state index contributed by atoms with van der Waals surface area (Å²) in [6.07, 6.45) is 26.9. The summed E-state index contributed by atoms with van der Waals surface area (Å²) in [4.78, 5) is 53.1. The van der Waals surface area contributed by atoms with Crippen LogP contribution < -0.4 is 0 Å². The summed E-state index contributed by atoms with van der Waals surface area (Å²) >= 11 is 0. The maximum absolute atomic E-state index is 12.8. The SMILES string of the molecule is CCCCC[C@H](O)/C=C/[C@@H]1[C@@H](C/C=C/CCCC(=O)O[C@H](COC(=O)CCCCCCCCCCCCCCCCCC(C)C)COP(=O)(O)OC[C@@H](O)COP(=O)(O)O)[C@@H](O)C[C@H]1O. The highest BCUT2D eigenvalue weighted by molar-refractivity contribution is 7.47. The molecular weight excluding hydrogens is 882 g/mol. The van der Waals surface area contributed by atoms with Crippen LogP contribution in [0.15, 0.2) is 24.3 Å². The standard InChI is InChI=1S/C47H88O16P2/c1-4-5-21-27-39(48)31-32-43-42(44(50)33-45(43)51)28-23-19-20-25-30-47(53)63-41(37-62-65(57,58)61-35-40(49)34-60-64(54,55)56)36-59-46(52)29-24-18-16-14-12-10-8-6-7-9-11-13-15-17-22-26-38(2)3/h19,23,31-32,38-45,48-51H,4-18,20-22,24-30,33-37H2,1-3H3,(H,57,58)(H2,54,55,56)/b23-19+,32-31+/t39-,40-,41+,42+,43+,44-,45+/m0/s1. The zero-order valence-electron chi connectivity index (χ0n) is 39.8. The lowest BCUT2D eigenvalue weighted by molar-refractivity contribution is -0.161. The van der Waals surface area contributed by atoms with Gasteiger partial charge in [-0.25, -0.2) is 9.13 Å². The van der Waals surface area contributed by atoms with Crippen molar-refractivity contribution in [3.05, 3.63) is 24.3 Å². The van der Waals surface area contributed by atoms with E-state index in [1.54, 1.807) is 6.08 Å². The van der Waals surface area contributed by atoms with Gasteiger partial charge < -0.3 is 44.6 Å². The molecule has 0 saturated heterocycles. The Morgan fingerprint density at radius 1 is 0.646 bits per heavy atom. The molecular formula is C47H88O16P2. The van der Waals surface area contributed by atoms with Gasteiger partial charge in [0.2, 0.25) is 0 Å². The van der Waals surface area contributed by atoms with Gasteiger partial charge in [0.1, 0.15) is 12.7 Å². The third-order valence-corrected chi connectivity index (χ3v) is 13.0. The number of unbranched alkanes of at least 4 members (excludes halogenated alkanes) is 17. The van der Waals surface area contributed by atoms with Crippen LogP contribution in [0.4, 0.5) is 0 Å². The van der Waals surface area contributed by atoms with Crippen LogP contribution in [-0.4, -0.2) is 104 Å². The molecule has 0 radical (unpaired) electrons. The van der Waals surface area contributed by atoms with Gasteiger partial charge in [0, 0.05) is 25.2 Å². The highest BCUT2D eigenvalue weighted by Gasteiger charge is 2.39. The Balaban J connectivity index is 2.51. The Morgan fingerprint density at radius 2 is 1.18 bits per heavy atom. The van der Waals surface area contributed by atoms with Gasteiger partial charge in [0.25, 0.3) is 0 Å². The summed E-state index contributed by atoms with van der Waals surface area (Å²) in [5, 5.41) is 41.2. The number of phosphoric acid groups is 2. The zero-order chi connectivity index (χ0) is 48.4. The average Bonchev–Trinajstić information content (AvgIpc) is 3.51. The number of esters is 2. The Hall–Kier alpha value is -1.52. The van der Waals surface area contributed by atoms with Gasteiger partial charge in [0.15, 0.2) is 6.10 Å². The fraction of sp³-hybridized carbons (Fsp3) is 0.872. The number of aliphatic hydroxyl groups excluding tert-OH is 4. The number of hydrogen-bond acceptors (Lipinski definition) is 13. The van der Waals surface area contributed by atoms with E-state index in [0.717, 1.165) is 44.4 Å². The summed E-state index contributed by atoms with van der Waals surface area (Å²) in [5.41, 5.74) is 0. The van der Waals surface area contributed by atoms with Gasteiger partial charge in [-0.2, -0.15) is 0 Å². The van der Waals surface area contributed by atoms with Gasteiger partial charge in [0.05, 0.1) is 38.1 Å². The van der Waals surface area contributed by atoms with Crippen LogP contribution in [0.3, 0.4) is 0 Å². The van der Waals surface area contributed by atoms with Crippen molar-refractivity contribution in [2.45, 2.75) is 218 Å². The molecule has 65 heavy (non-hydrogen) atoms. The molecule has 0 aromatic rings. The minimum atomic E-state index is -4.90.